The molecule has 0 atom stereocenters. The van der Waals surface area contributed by atoms with E-state index in [2.05, 4.69) is 34.6 Å². The van der Waals surface area contributed by atoms with Gasteiger partial charge in [-0.3, -0.25) is 0 Å². The molecule has 0 fully saturated rings. The zero-order chi connectivity index (χ0) is 8.91. The zero-order valence-corrected chi connectivity index (χ0v) is 8.61. The summed E-state index contributed by atoms with van der Waals surface area (Å²) < 4.78 is 5.56. The molecule has 0 rings (SSSR count). The van der Waals surface area contributed by atoms with Crippen LogP contribution in [0.4, 0.5) is 0 Å². The second-order valence-corrected chi connectivity index (χ2v) is 4.27. The second-order valence-electron chi connectivity index (χ2n) is 4.27. The minimum atomic E-state index is 0.360. The Morgan fingerprint density at radius 3 is 2.18 bits per heavy atom. The summed E-state index contributed by atoms with van der Waals surface area (Å²) in [4.78, 5) is 0. The molecule has 0 N–H and O–H groups in total. The van der Waals surface area contributed by atoms with Gasteiger partial charge in [0.15, 0.2) is 0 Å². The van der Waals surface area contributed by atoms with Crippen molar-refractivity contribution >= 4 is 0 Å². The molecule has 0 aromatic heterocycles. The van der Waals surface area contributed by atoms with Crippen LogP contribution < -0.4 is 0 Å². The lowest BCUT2D eigenvalue weighted by Crippen LogP contribution is -2.21. The van der Waals surface area contributed by atoms with Gasteiger partial charge in [-0.05, 0) is 25.7 Å². The van der Waals surface area contributed by atoms with Crippen LogP contribution in [-0.2, 0) is 4.74 Å². The molecule has 1 heteroatoms. The maximum absolute atomic E-state index is 5.56. The lowest BCUT2D eigenvalue weighted by atomic mass is 9.89. The summed E-state index contributed by atoms with van der Waals surface area (Å²) in [6, 6.07) is 0. The lowest BCUT2D eigenvalue weighted by Gasteiger charge is -2.24. The van der Waals surface area contributed by atoms with Gasteiger partial charge in [0.05, 0.1) is 12.7 Å². The van der Waals surface area contributed by atoms with E-state index in [0.717, 1.165) is 6.61 Å². The number of hydrogen-bond donors (Lipinski definition) is 0. The molecule has 11 heavy (non-hydrogen) atoms. The van der Waals surface area contributed by atoms with Crippen LogP contribution in [0.2, 0.25) is 0 Å². The third kappa shape index (κ3) is 6.36. The number of hydrogen-bond acceptors (Lipinski definition) is 1. The molecule has 0 aliphatic carbocycles. The van der Waals surface area contributed by atoms with Crippen LogP contribution in [0.15, 0.2) is 0 Å². The fraction of sp³-hybridized carbons (Fsp3) is 1.00. The quantitative estimate of drug-likeness (QED) is 0.597. The highest BCUT2D eigenvalue weighted by Gasteiger charge is 2.16. The van der Waals surface area contributed by atoms with Crippen LogP contribution in [0.1, 0.15) is 47.5 Å². The highest BCUT2D eigenvalue weighted by molar-refractivity contribution is 4.66. The molecule has 68 valence electrons. The van der Waals surface area contributed by atoms with E-state index in [4.69, 9.17) is 4.74 Å². The lowest BCUT2D eigenvalue weighted by molar-refractivity contribution is 0.0179. The van der Waals surface area contributed by atoms with Crippen LogP contribution in [0.3, 0.4) is 0 Å². The van der Waals surface area contributed by atoms with Crippen LogP contribution in [-0.4, -0.2) is 12.7 Å². The van der Waals surface area contributed by atoms with Crippen molar-refractivity contribution < 1.29 is 4.74 Å². The van der Waals surface area contributed by atoms with Gasteiger partial charge in [-0.1, -0.05) is 27.2 Å². The second kappa shape index (κ2) is 4.76. The van der Waals surface area contributed by atoms with Crippen molar-refractivity contribution in [2.24, 2.45) is 5.41 Å². The Balaban J connectivity index is 3.54. The first-order chi connectivity index (χ1) is 4.98. The summed E-state index contributed by atoms with van der Waals surface area (Å²) in [5, 5.41) is 0. The summed E-state index contributed by atoms with van der Waals surface area (Å²) in [6.45, 7) is 11.8. The summed E-state index contributed by atoms with van der Waals surface area (Å²) in [5.74, 6) is 0. The predicted octanol–water partition coefficient (Wildman–Crippen LogP) is 3.24. The molecule has 0 aromatic rings. The maximum Gasteiger partial charge on any atom is 0.0520 e. The topological polar surface area (TPSA) is 9.23 Å². The summed E-state index contributed by atoms with van der Waals surface area (Å²) in [6.07, 6.45) is 2.86. The summed E-state index contributed by atoms with van der Waals surface area (Å²) >= 11 is 0. The molecule has 0 bridgehead atoms. The van der Waals surface area contributed by atoms with Crippen LogP contribution in [0.5, 0.6) is 0 Å². The third-order valence-electron chi connectivity index (χ3n) is 1.73. The zero-order valence-electron chi connectivity index (χ0n) is 8.61. The Morgan fingerprint density at radius 1 is 1.27 bits per heavy atom. The van der Waals surface area contributed by atoms with Gasteiger partial charge < -0.3 is 4.74 Å². The highest BCUT2D eigenvalue weighted by Crippen LogP contribution is 2.22. The molecular weight excluding hydrogens is 136 g/mol. The minimum Gasteiger partial charge on any atom is -0.378 e. The van der Waals surface area contributed by atoms with E-state index in [0.29, 0.717) is 11.5 Å². The molecule has 0 spiro atoms. The van der Waals surface area contributed by atoms with E-state index >= 15 is 0 Å². The normalized spacial score (nSPS) is 12.5. The van der Waals surface area contributed by atoms with Crippen molar-refractivity contribution in [3.63, 3.8) is 0 Å². The molecule has 0 unspecified atom stereocenters. The van der Waals surface area contributed by atoms with E-state index < -0.39 is 0 Å². The van der Waals surface area contributed by atoms with E-state index in [-0.39, 0.29) is 0 Å². The summed E-state index contributed by atoms with van der Waals surface area (Å²) in [7, 11) is 0. The van der Waals surface area contributed by atoms with Gasteiger partial charge >= 0.3 is 0 Å². The van der Waals surface area contributed by atoms with E-state index in [1.807, 2.05) is 0 Å². The van der Waals surface area contributed by atoms with Gasteiger partial charge in [0.1, 0.15) is 0 Å². The molecule has 0 amide bonds. The van der Waals surface area contributed by atoms with Crippen molar-refractivity contribution in [3.8, 4) is 0 Å². The molecular formula is C10H22O. The molecule has 0 aromatic carbocycles. The Morgan fingerprint density at radius 2 is 1.82 bits per heavy atom. The van der Waals surface area contributed by atoms with Crippen LogP contribution in [0.25, 0.3) is 0 Å². The first-order valence-electron chi connectivity index (χ1n) is 4.59. The largest absolute Gasteiger partial charge is 0.378 e. The highest BCUT2D eigenvalue weighted by atomic mass is 16.5. The standard InChI is InChI=1S/C10H22O/c1-6-7-10(4,5)8-11-9(2)3/h9H,6-8H2,1-5H3. The first-order valence-corrected chi connectivity index (χ1v) is 4.59. The number of ether oxygens (including phenoxy) is 1. The maximum atomic E-state index is 5.56. The first kappa shape index (κ1) is 11.0. The van der Waals surface area contributed by atoms with Crippen molar-refractivity contribution in [2.75, 3.05) is 6.61 Å². The van der Waals surface area contributed by atoms with Gasteiger partial charge in [-0.2, -0.15) is 0 Å². The monoisotopic (exact) mass is 158 g/mol. The average Bonchev–Trinajstić information content (AvgIpc) is 1.84. The van der Waals surface area contributed by atoms with Gasteiger partial charge in [0, 0.05) is 0 Å². The Hall–Kier alpha value is -0.0400. The predicted molar refractivity (Wildman–Crippen MR) is 49.8 cm³/mol. The van der Waals surface area contributed by atoms with Gasteiger partial charge in [-0.15, -0.1) is 0 Å². The van der Waals surface area contributed by atoms with Gasteiger partial charge in [-0.25, -0.2) is 0 Å². The minimum absolute atomic E-state index is 0.360. The molecule has 0 radical (unpaired) electrons. The number of rotatable bonds is 5. The van der Waals surface area contributed by atoms with Crippen LogP contribution in [0, 0.1) is 5.41 Å². The van der Waals surface area contributed by atoms with E-state index in [9.17, 15) is 0 Å². The Labute approximate surface area is 71.1 Å². The smallest absolute Gasteiger partial charge is 0.0520 e. The van der Waals surface area contributed by atoms with E-state index in [1.165, 1.54) is 12.8 Å². The average molecular weight is 158 g/mol. The van der Waals surface area contributed by atoms with Crippen molar-refractivity contribution in [1.29, 1.82) is 0 Å². The Bertz CT molecular complexity index is 95.0. The van der Waals surface area contributed by atoms with Gasteiger partial charge in [0.25, 0.3) is 0 Å². The third-order valence-corrected chi connectivity index (χ3v) is 1.73. The fourth-order valence-corrected chi connectivity index (χ4v) is 1.14. The summed E-state index contributed by atoms with van der Waals surface area (Å²) in [5.41, 5.74) is 0.360. The van der Waals surface area contributed by atoms with Crippen molar-refractivity contribution in [2.45, 2.75) is 53.6 Å². The fourth-order valence-electron chi connectivity index (χ4n) is 1.14. The molecule has 0 saturated carbocycles. The molecule has 0 saturated heterocycles. The van der Waals surface area contributed by atoms with Crippen LogP contribution >= 0.6 is 0 Å². The Kier molecular flexibility index (Phi) is 4.74. The van der Waals surface area contributed by atoms with E-state index in [1.54, 1.807) is 0 Å². The SMILES string of the molecule is CCCC(C)(C)COC(C)C. The van der Waals surface area contributed by atoms with Crippen molar-refractivity contribution in [3.05, 3.63) is 0 Å². The van der Waals surface area contributed by atoms with Crippen molar-refractivity contribution in [1.82, 2.24) is 0 Å². The van der Waals surface area contributed by atoms with Gasteiger partial charge in [0.2, 0.25) is 0 Å². The molecule has 0 aliphatic rings. The molecule has 1 nitrogen and oxygen atoms in total. The molecule has 0 aliphatic heterocycles. The molecule has 0 heterocycles.